The zero-order valence-electron chi connectivity index (χ0n) is 12.1. The Balaban J connectivity index is 1.78. The number of amides is 1. The van der Waals surface area contributed by atoms with Gasteiger partial charge >= 0.3 is 0 Å². The van der Waals surface area contributed by atoms with E-state index in [4.69, 9.17) is 0 Å². The SMILES string of the molecule is CC1CCC(NC(=O)CC(C)c2ccccc2)CC1. The number of carbonyl (C=O) groups excluding carboxylic acids is 1. The van der Waals surface area contributed by atoms with Crippen molar-refractivity contribution in [2.24, 2.45) is 5.92 Å². The molecule has 2 rings (SSSR count). The maximum atomic E-state index is 12.1. The molecule has 0 radical (unpaired) electrons. The zero-order chi connectivity index (χ0) is 13.7. The van der Waals surface area contributed by atoms with E-state index in [1.165, 1.54) is 18.4 Å². The standard InChI is InChI=1S/C17H25NO/c1-13-8-10-16(11-9-13)18-17(19)12-14(2)15-6-4-3-5-7-15/h3-7,13-14,16H,8-12H2,1-2H3,(H,18,19). The molecular weight excluding hydrogens is 234 g/mol. The molecule has 0 saturated heterocycles. The Kier molecular flexibility index (Phi) is 5.00. The zero-order valence-corrected chi connectivity index (χ0v) is 12.1. The molecule has 1 fully saturated rings. The van der Waals surface area contributed by atoms with Gasteiger partial charge in [-0.1, -0.05) is 44.2 Å². The predicted molar refractivity (Wildman–Crippen MR) is 79.0 cm³/mol. The lowest BCUT2D eigenvalue weighted by atomic mass is 9.87. The van der Waals surface area contributed by atoms with Crippen molar-refractivity contribution in [1.82, 2.24) is 5.32 Å². The van der Waals surface area contributed by atoms with Gasteiger partial charge in [-0.15, -0.1) is 0 Å². The quantitative estimate of drug-likeness (QED) is 0.873. The van der Waals surface area contributed by atoms with Gasteiger partial charge in [0.15, 0.2) is 0 Å². The molecule has 1 amide bonds. The largest absolute Gasteiger partial charge is 0.353 e. The normalized spacial score (nSPS) is 24.7. The first-order valence-electron chi connectivity index (χ1n) is 7.49. The second kappa shape index (κ2) is 6.74. The van der Waals surface area contributed by atoms with Gasteiger partial charge in [0.25, 0.3) is 0 Å². The van der Waals surface area contributed by atoms with Crippen LogP contribution in [0.4, 0.5) is 0 Å². The van der Waals surface area contributed by atoms with Gasteiger partial charge < -0.3 is 5.32 Å². The number of hydrogen-bond acceptors (Lipinski definition) is 1. The molecule has 0 bridgehead atoms. The molecule has 1 aromatic rings. The molecule has 1 saturated carbocycles. The molecule has 1 N–H and O–H groups in total. The van der Waals surface area contributed by atoms with Crippen LogP contribution in [-0.2, 0) is 4.79 Å². The molecule has 1 aliphatic carbocycles. The summed E-state index contributed by atoms with van der Waals surface area (Å²) < 4.78 is 0. The Hall–Kier alpha value is -1.31. The lowest BCUT2D eigenvalue weighted by Crippen LogP contribution is -2.37. The lowest BCUT2D eigenvalue weighted by molar-refractivity contribution is -0.122. The highest BCUT2D eigenvalue weighted by Gasteiger charge is 2.20. The monoisotopic (exact) mass is 259 g/mol. The fraction of sp³-hybridized carbons (Fsp3) is 0.588. The highest BCUT2D eigenvalue weighted by Crippen LogP contribution is 2.24. The minimum absolute atomic E-state index is 0.205. The first-order valence-corrected chi connectivity index (χ1v) is 7.49. The van der Waals surface area contributed by atoms with E-state index in [0.717, 1.165) is 18.8 Å². The van der Waals surface area contributed by atoms with Crippen LogP contribution in [0, 0.1) is 5.92 Å². The van der Waals surface area contributed by atoms with Gasteiger partial charge in [-0.05, 0) is 43.1 Å². The fourth-order valence-corrected chi connectivity index (χ4v) is 2.87. The Bertz CT molecular complexity index is 393. The summed E-state index contributed by atoms with van der Waals surface area (Å²) in [6, 6.07) is 10.7. The molecule has 104 valence electrons. The van der Waals surface area contributed by atoms with E-state index in [2.05, 4.69) is 31.3 Å². The van der Waals surface area contributed by atoms with Crippen molar-refractivity contribution >= 4 is 5.91 Å². The summed E-state index contributed by atoms with van der Waals surface area (Å²) in [7, 11) is 0. The summed E-state index contributed by atoms with van der Waals surface area (Å²) in [5, 5.41) is 3.20. The van der Waals surface area contributed by atoms with Crippen molar-refractivity contribution < 1.29 is 4.79 Å². The van der Waals surface area contributed by atoms with E-state index in [1.807, 2.05) is 18.2 Å². The van der Waals surface area contributed by atoms with Gasteiger partial charge in [0.2, 0.25) is 5.91 Å². The minimum atomic E-state index is 0.205. The van der Waals surface area contributed by atoms with Gasteiger partial charge in [0.1, 0.15) is 0 Å². The Morgan fingerprint density at radius 2 is 1.84 bits per heavy atom. The molecule has 1 aliphatic rings. The van der Waals surface area contributed by atoms with Gasteiger partial charge in [0.05, 0.1) is 0 Å². The molecular formula is C17H25NO. The van der Waals surface area contributed by atoms with Crippen LogP contribution in [0.2, 0.25) is 0 Å². The number of carbonyl (C=O) groups is 1. The number of benzene rings is 1. The average Bonchev–Trinajstić information content (AvgIpc) is 2.42. The topological polar surface area (TPSA) is 29.1 Å². The van der Waals surface area contributed by atoms with Crippen LogP contribution >= 0.6 is 0 Å². The van der Waals surface area contributed by atoms with Crippen molar-refractivity contribution in [3.8, 4) is 0 Å². The number of nitrogens with one attached hydrogen (secondary N) is 1. The molecule has 1 atom stereocenters. The van der Waals surface area contributed by atoms with Crippen LogP contribution in [0.1, 0.15) is 57.4 Å². The lowest BCUT2D eigenvalue weighted by Gasteiger charge is -2.27. The Morgan fingerprint density at radius 3 is 2.47 bits per heavy atom. The Labute approximate surface area is 116 Å². The molecule has 0 heterocycles. The third kappa shape index (κ3) is 4.38. The van der Waals surface area contributed by atoms with Crippen LogP contribution in [0.5, 0.6) is 0 Å². The summed E-state index contributed by atoms with van der Waals surface area (Å²) in [4.78, 5) is 12.1. The molecule has 0 spiro atoms. The van der Waals surface area contributed by atoms with E-state index in [0.29, 0.717) is 18.4 Å². The predicted octanol–water partition coefficient (Wildman–Crippen LogP) is 3.88. The molecule has 1 aromatic carbocycles. The van der Waals surface area contributed by atoms with Crippen molar-refractivity contribution in [3.05, 3.63) is 35.9 Å². The smallest absolute Gasteiger partial charge is 0.220 e. The van der Waals surface area contributed by atoms with Crippen molar-refractivity contribution in [1.29, 1.82) is 0 Å². The molecule has 2 heteroatoms. The van der Waals surface area contributed by atoms with E-state index >= 15 is 0 Å². The fourth-order valence-electron chi connectivity index (χ4n) is 2.87. The van der Waals surface area contributed by atoms with Crippen molar-refractivity contribution in [3.63, 3.8) is 0 Å². The van der Waals surface area contributed by atoms with Gasteiger partial charge in [-0.2, -0.15) is 0 Å². The molecule has 19 heavy (non-hydrogen) atoms. The van der Waals surface area contributed by atoms with E-state index in [1.54, 1.807) is 0 Å². The van der Waals surface area contributed by atoms with Crippen LogP contribution in [0.15, 0.2) is 30.3 Å². The molecule has 2 nitrogen and oxygen atoms in total. The van der Waals surface area contributed by atoms with Crippen LogP contribution in [-0.4, -0.2) is 11.9 Å². The van der Waals surface area contributed by atoms with Crippen molar-refractivity contribution in [2.75, 3.05) is 0 Å². The Morgan fingerprint density at radius 1 is 1.21 bits per heavy atom. The van der Waals surface area contributed by atoms with E-state index in [-0.39, 0.29) is 5.91 Å². The van der Waals surface area contributed by atoms with Gasteiger partial charge in [-0.3, -0.25) is 4.79 Å². The second-order valence-electron chi connectivity index (χ2n) is 6.04. The van der Waals surface area contributed by atoms with Gasteiger partial charge in [-0.25, -0.2) is 0 Å². The average molecular weight is 259 g/mol. The van der Waals surface area contributed by atoms with Crippen LogP contribution < -0.4 is 5.32 Å². The summed E-state index contributed by atoms with van der Waals surface area (Å²) in [5.74, 6) is 1.33. The first kappa shape index (κ1) is 14.1. The summed E-state index contributed by atoms with van der Waals surface area (Å²) in [5.41, 5.74) is 1.25. The van der Waals surface area contributed by atoms with Gasteiger partial charge in [0, 0.05) is 12.5 Å². The number of rotatable bonds is 4. The number of hydrogen-bond donors (Lipinski definition) is 1. The molecule has 0 aliphatic heterocycles. The van der Waals surface area contributed by atoms with Crippen LogP contribution in [0.25, 0.3) is 0 Å². The first-order chi connectivity index (χ1) is 9.15. The van der Waals surface area contributed by atoms with E-state index < -0.39 is 0 Å². The maximum Gasteiger partial charge on any atom is 0.220 e. The van der Waals surface area contributed by atoms with Crippen molar-refractivity contribution in [2.45, 2.75) is 57.9 Å². The maximum absolute atomic E-state index is 12.1. The minimum Gasteiger partial charge on any atom is -0.353 e. The molecule has 1 unspecified atom stereocenters. The second-order valence-corrected chi connectivity index (χ2v) is 6.04. The summed E-state index contributed by atoms with van der Waals surface area (Å²) >= 11 is 0. The third-order valence-electron chi connectivity index (χ3n) is 4.24. The van der Waals surface area contributed by atoms with Crippen LogP contribution in [0.3, 0.4) is 0 Å². The van der Waals surface area contributed by atoms with E-state index in [9.17, 15) is 4.79 Å². The highest BCUT2D eigenvalue weighted by atomic mass is 16.1. The molecule has 0 aromatic heterocycles. The summed E-state index contributed by atoms with van der Waals surface area (Å²) in [6.07, 6.45) is 5.38. The summed E-state index contributed by atoms with van der Waals surface area (Å²) in [6.45, 7) is 4.42. The highest BCUT2D eigenvalue weighted by molar-refractivity contribution is 5.77. The third-order valence-corrected chi connectivity index (χ3v) is 4.24.